The number of nitrogens with zero attached hydrogens (tertiary/aromatic N) is 3. The molecule has 1 N–H and O–H groups in total. The minimum absolute atomic E-state index is 0.0639. The lowest BCUT2D eigenvalue weighted by Gasteiger charge is -2.24. The summed E-state index contributed by atoms with van der Waals surface area (Å²) in [6, 6.07) is 9.42. The van der Waals surface area contributed by atoms with Gasteiger partial charge < -0.3 is 19.2 Å². The van der Waals surface area contributed by atoms with Crippen molar-refractivity contribution in [1.82, 2.24) is 20.1 Å². The van der Waals surface area contributed by atoms with Crippen LogP contribution in [0, 0.1) is 5.92 Å². The number of carbonyl (C=O) groups excluding carboxylic acids is 1. The van der Waals surface area contributed by atoms with E-state index >= 15 is 0 Å². The monoisotopic (exact) mass is 456 g/mol. The molecule has 1 atom stereocenters. The Balaban J connectivity index is 1.43. The molecule has 1 aromatic carbocycles. The largest absolute Gasteiger partial charge is 0.490 e. The first-order valence-electron chi connectivity index (χ1n) is 10.9. The Morgan fingerprint density at radius 2 is 2.00 bits per heavy atom. The Bertz CT molecular complexity index is 1050. The molecule has 32 heavy (non-hydrogen) atoms. The summed E-state index contributed by atoms with van der Waals surface area (Å²) in [6.45, 7) is 8.15. The van der Waals surface area contributed by atoms with Crippen LogP contribution in [0.3, 0.4) is 0 Å². The molecular weight excluding hydrogens is 428 g/mol. The highest BCUT2D eigenvalue weighted by Gasteiger charge is 2.22. The fraction of sp³-hybridized carbons (Fsp3) is 0.435. The zero-order chi connectivity index (χ0) is 22.5. The van der Waals surface area contributed by atoms with Gasteiger partial charge in [-0.1, -0.05) is 31.7 Å². The van der Waals surface area contributed by atoms with Crippen LogP contribution >= 0.6 is 11.8 Å². The van der Waals surface area contributed by atoms with Gasteiger partial charge in [0.15, 0.2) is 28.2 Å². The van der Waals surface area contributed by atoms with Crippen LogP contribution in [0.5, 0.6) is 11.5 Å². The number of hydrogen-bond donors (Lipinski definition) is 1. The number of fused-ring (bicyclic) bond motifs is 1. The van der Waals surface area contributed by atoms with E-state index in [1.165, 1.54) is 11.8 Å². The van der Waals surface area contributed by atoms with Crippen molar-refractivity contribution in [3.63, 3.8) is 0 Å². The summed E-state index contributed by atoms with van der Waals surface area (Å²) < 4.78 is 18.9. The number of carbonyl (C=O) groups is 1. The topological polar surface area (TPSA) is 91.4 Å². The van der Waals surface area contributed by atoms with Crippen LogP contribution in [-0.4, -0.2) is 39.6 Å². The standard InChI is InChI=1S/C23H28N4O4S/c1-4-27-22(18-7-5-10-30-18)25-26-23(27)32-14-20(28)24-21(15(2)3)16-8-9-17-19(13-16)31-12-6-11-29-17/h5,7-10,13,15,21H,4,6,11-12,14H2,1-3H3,(H,24,28)/t21-/m0/s1. The molecule has 0 saturated carbocycles. The summed E-state index contributed by atoms with van der Waals surface area (Å²) in [7, 11) is 0. The normalized spacial score (nSPS) is 14.2. The lowest BCUT2D eigenvalue weighted by molar-refractivity contribution is -0.119. The van der Waals surface area contributed by atoms with Crippen molar-refractivity contribution in [2.24, 2.45) is 5.92 Å². The molecule has 170 valence electrons. The predicted molar refractivity (Wildman–Crippen MR) is 122 cm³/mol. The van der Waals surface area contributed by atoms with E-state index < -0.39 is 0 Å². The third kappa shape index (κ3) is 4.93. The molecular formula is C23H28N4O4S. The maximum Gasteiger partial charge on any atom is 0.230 e. The van der Waals surface area contributed by atoms with Crippen LogP contribution < -0.4 is 14.8 Å². The molecule has 1 aliphatic heterocycles. The third-order valence-electron chi connectivity index (χ3n) is 5.22. The van der Waals surface area contributed by atoms with Gasteiger partial charge in [0.1, 0.15) is 0 Å². The second-order valence-corrected chi connectivity index (χ2v) is 8.80. The lowest BCUT2D eigenvalue weighted by atomic mass is 9.95. The molecule has 0 fully saturated rings. The summed E-state index contributed by atoms with van der Waals surface area (Å²) in [6.07, 6.45) is 2.46. The third-order valence-corrected chi connectivity index (χ3v) is 6.19. The van der Waals surface area contributed by atoms with E-state index in [-0.39, 0.29) is 23.6 Å². The Kier molecular flexibility index (Phi) is 7.04. The quantitative estimate of drug-likeness (QED) is 0.505. The molecule has 2 aromatic heterocycles. The molecule has 0 saturated heterocycles. The Morgan fingerprint density at radius 1 is 1.19 bits per heavy atom. The zero-order valence-corrected chi connectivity index (χ0v) is 19.4. The Labute approximate surface area is 191 Å². The van der Waals surface area contributed by atoms with E-state index in [1.807, 2.05) is 41.8 Å². The molecule has 1 aliphatic rings. The second kappa shape index (κ2) is 10.1. The van der Waals surface area contributed by atoms with Gasteiger partial charge in [0, 0.05) is 13.0 Å². The van der Waals surface area contributed by atoms with Gasteiger partial charge in [0.05, 0.1) is 31.3 Å². The molecule has 0 aliphatic carbocycles. The van der Waals surface area contributed by atoms with Crippen molar-refractivity contribution < 1.29 is 18.7 Å². The van der Waals surface area contributed by atoms with Gasteiger partial charge >= 0.3 is 0 Å². The molecule has 3 heterocycles. The Morgan fingerprint density at radius 3 is 2.72 bits per heavy atom. The van der Waals surface area contributed by atoms with Crippen molar-refractivity contribution >= 4 is 17.7 Å². The number of amides is 1. The number of hydrogen-bond acceptors (Lipinski definition) is 7. The first kappa shape index (κ1) is 22.3. The maximum atomic E-state index is 12.8. The highest BCUT2D eigenvalue weighted by Crippen LogP contribution is 2.34. The fourth-order valence-corrected chi connectivity index (χ4v) is 4.44. The minimum Gasteiger partial charge on any atom is -0.490 e. The van der Waals surface area contributed by atoms with Crippen molar-refractivity contribution in [3.8, 4) is 23.1 Å². The van der Waals surface area contributed by atoms with Crippen LogP contribution in [0.15, 0.2) is 46.2 Å². The van der Waals surface area contributed by atoms with Crippen molar-refractivity contribution in [2.45, 2.75) is 44.9 Å². The summed E-state index contributed by atoms with van der Waals surface area (Å²) >= 11 is 1.36. The number of furan rings is 1. The van der Waals surface area contributed by atoms with E-state index in [1.54, 1.807) is 6.26 Å². The average Bonchev–Trinajstić information content (AvgIpc) is 3.40. The van der Waals surface area contributed by atoms with E-state index in [0.29, 0.717) is 36.5 Å². The number of thioether (sulfide) groups is 1. The van der Waals surface area contributed by atoms with Gasteiger partial charge in [-0.05, 0) is 42.7 Å². The summed E-state index contributed by atoms with van der Waals surface area (Å²) in [5.74, 6) is 3.18. The fourth-order valence-electron chi connectivity index (χ4n) is 3.62. The summed E-state index contributed by atoms with van der Waals surface area (Å²) in [4.78, 5) is 12.8. The van der Waals surface area contributed by atoms with Crippen molar-refractivity contribution in [2.75, 3.05) is 19.0 Å². The molecule has 3 aromatic rings. The number of rotatable bonds is 8. The molecule has 0 radical (unpaired) electrons. The van der Waals surface area contributed by atoms with E-state index in [0.717, 1.165) is 23.5 Å². The van der Waals surface area contributed by atoms with Gasteiger partial charge in [0.25, 0.3) is 0 Å². The highest BCUT2D eigenvalue weighted by atomic mass is 32.2. The maximum absolute atomic E-state index is 12.8. The second-order valence-electron chi connectivity index (χ2n) is 7.86. The SMILES string of the molecule is CCn1c(SCC(=O)N[C@H](c2ccc3c(c2)OCCCO3)C(C)C)nnc1-c1ccco1. The van der Waals surface area contributed by atoms with Gasteiger partial charge in [-0.15, -0.1) is 10.2 Å². The molecule has 0 unspecified atom stereocenters. The number of ether oxygens (including phenoxy) is 2. The average molecular weight is 457 g/mol. The molecule has 0 bridgehead atoms. The minimum atomic E-state index is -0.136. The molecule has 4 rings (SSSR count). The smallest absolute Gasteiger partial charge is 0.230 e. The highest BCUT2D eigenvalue weighted by molar-refractivity contribution is 7.99. The van der Waals surface area contributed by atoms with Gasteiger partial charge in [-0.3, -0.25) is 9.36 Å². The van der Waals surface area contributed by atoms with Crippen LogP contribution in [0.1, 0.15) is 38.8 Å². The first-order chi connectivity index (χ1) is 15.6. The number of benzene rings is 1. The van der Waals surface area contributed by atoms with Crippen molar-refractivity contribution in [1.29, 1.82) is 0 Å². The van der Waals surface area contributed by atoms with Crippen LogP contribution in [0.25, 0.3) is 11.6 Å². The number of nitrogens with one attached hydrogen (secondary N) is 1. The lowest BCUT2D eigenvalue weighted by Crippen LogP contribution is -2.33. The molecule has 8 nitrogen and oxygen atoms in total. The van der Waals surface area contributed by atoms with E-state index in [2.05, 4.69) is 29.4 Å². The molecule has 1 amide bonds. The zero-order valence-electron chi connectivity index (χ0n) is 18.5. The Hall–Kier alpha value is -2.94. The van der Waals surface area contributed by atoms with Crippen molar-refractivity contribution in [3.05, 3.63) is 42.2 Å². The van der Waals surface area contributed by atoms with Gasteiger partial charge in [-0.25, -0.2) is 0 Å². The summed E-state index contributed by atoms with van der Waals surface area (Å²) in [5, 5.41) is 12.3. The number of aromatic nitrogens is 3. The van der Waals surface area contributed by atoms with Crippen LogP contribution in [-0.2, 0) is 11.3 Å². The first-order valence-corrected chi connectivity index (χ1v) is 11.8. The van der Waals surface area contributed by atoms with Crippen LogP contribution in [0.2, 0.25) is 0 Å². The summed E-state index contributed by atoms with van der Waals surface area (Å²) in [5.41, 5.74) is 0.999. The van der Waals surface area contributed by atoms with Gasteiger partial charge in [0.2, 0.25) is 5.91 Å². The van der Waals surface area contributed by atoms with E-state index in [4.69, 9.17) is 13.9 Å². The van der Waals surface area contributed by atoms with Gasteiger partial charge in [-0.2, -0.15) is 0 Å². The molecule has 0 spiro atoms. The van der Waals surface area contributed by atoms with E-state index in [9.17, 15) is 4.79 Å². The molecule has 9 heteroatoms. The van der Waals surface area contributed by atoms with Crippen LogP contribution in [0.4, 0.5) is 0 Å². The predicted octanol–water partition coefficient (Wildman–Crippen LogP) is 4.32.